The summed E-state index contributed by atoms with van der Waals surface area (Å²) < 4.78 is 0. The second kappa shape index (κ2) is 9.10. The van der Waals surface area contributed by atoms with Gasteiger partial charge >= 0.3 is 0 Å². The highest BCUT2D eigenvalue weighted by molar-refractivity contribution is 6.30. The molecule has 3 aromatic carbocycles. The number of hydrogen-bond acceptors (Lipinski definition) is 5. The lowest BCUT2D eigenvalue weighted by Gasteiger charge is -2.21. The van der Waals surface area contributed by atoms with Crippen molar-refractivity contribution >= 4 is 34.0 Å². The van der Waals surface area contributed by atoms with Gasteiger partial charge in [0.1, 0.15) is 5.82 Å². The van der Waals surface area contributed by atoms with E-state index < -0.39 is 0 Å². The molecule has 1 N–H and O–H groups in total. The van der Waals surface area contributed by atoms with Crippen LogP contribution in [0.5, 0.6) is 0 Å². The van der Waals surface area contributed by atoms with Crippen LogP contribution >= 0.6 is 11.6 Å². The summed E-state index contributed by atoms with van der Waals surface area (Å²) in [6, 6.07) is 25.1. The van der Waals surface area contributed by atoms with Gasteiger partial charge in [-0.05, 0) is 78.2 Å². The summed E-state index contributed by atoms with van der Waals surface area (Å²) in [5, 5.41) is 4.99. The van der Waals surface area contributed by atoms with E-state index in [-0.39, 0.29) is 0 Å². The van der Waals surface area contributed by atoms with Gasteiger partial charge in [0.2, 0.25) is 0 Å². The fraction of sp³-hybridized carbons (Fsp3) is 0.138. The number of hydrogen-bond donors (Lipinski definition) is 1. The van der Waals surface area contributed by atoms with Crippen LogP contribution in [0.1, 0.15) is 11.1 Å². The van der Waals surface area contributed by atoms with Crippen LogP contribution in [0.4, 0.5) is 11.5 Å². The van der Waals surface area contributed by atoms with Crippen LogP contribution in [0.2, 0.25) is 5.02 Å². The van der Waals surface area contributed by atoms with Crippen molar-refractivity contribution in [1.82, 2.24) is 20.3 Å². The van der Waals surface area contributed by atoms with Gasteiger partial charge in [0, 0.05) is 47.1 Å². The molecule has 0 atom stereocenters. The van der Waals surface area contributed by atoms with Crippen LogP contribution in [-0.4, -0.2) is 28.5 Å². The van der Waals surface area contributed by atoms with Gasteiger partial charge in [-0.25, -0.2) is 9.97 Å². The van der Waals surface area contributed by atoms with Crippen molar-refractivity contribution in [3.8, 4) is 22.5 Å². The minimum atomic E-state index is 0.671. The number of nitrogens with one attached hydrogen (secondary N) is 1. The lowest BCUT2D eigenvalue weighted by atomic mass is 10.0. The zero-order chi connectivity index (χ0) is 23.8. The molecule has 2 aromatic heterocycles. The molecule has 5 nitrogen and oxygen atoms in total. The Hall–Kier alpha value is -3.80. The summed E-state index contributed by atoms with van der Waals surface area (Å²) in [7, 11) is 1.96. The number of pyridine rings is 1. The Morgan fingerprint density at radius 3 is 2.57 bits per heavy atom. The number of aromatic nitrogens is 3. The van der Waals surface area contributed by atoms with Crippen molar-refractivity contribution in [2.45, 2.75) is 13.0 Å². The number of anilines is 2. The van der Waals surface area contributed by atoms with Gasteiger partial charge in [0.25, 0.3) is 0 Å². The van der Waals surface area contributed by atoms with E-state index in [4.69, 9.17) is 21.6 Å². The molecule has 0 amide bonds. The fourth-order valence-electron chi connectivity index (χ4n) is 4.73. The van der Waals surface area contributed by atoms with Gasteiger partial charge in [-0.2, -0.15) is 0 Å². The highest BCUT2D eigenvalue weighted by Crippen LogP contribution is 2.39. The van der Waals surface area contributed by atoms with Crippen molar-refractivity contribution in [1.29, 1.82) is 0 Å². The molecule has 0 radical (unpaired) electrons. The third kappa shape index (κ3) is 4.14. The van der Waals surface area contributed by atoms with E-state index in [9.17, 15) is 0 Å². The first-order chi connectivity index (χ1) is 17.2. The zero-order valence-corrected chi connectivity index (χ0v) is 20.1. The van der Waals surface area contributed by atoms with E-state index in [2.05, 4.69) is 69.8 Å². The summed E-state index contributed by atoms with van der Waals surface area (Å²) in [4.78, 5) is 16.6. The predicted octanol–water partition coefficient (Wildman–Crippen LogP) is 6.43. The van der Waals surface area contributed by atoms with Crippen molar-refractivity contribution in [3.05, 3.63) is 101 Å². The second-order valence-corrected chi connectivity index (χ2v) is 9.18. The Balaban J connectivity index is 1.51. The Bertz CT molecular complexity index is 1520. The van der Waals surface area contributed by atoms with E-state index >= 15 is 0 Å². The molecular weight excluding hydrogens is 454 g/mol. The summed E-state index contributed by atoms with van der Waals surface area (Å²) in [5.74, 6) is 1.58. The van der Waals surface area contributed by atoms with Gasteiger partial charge in [-0.15, -0.1) is 0 Å². The van der Waals surface area contributed by atoms with Gasteiger partial charge in [0.05, 0.1) is 5.52 Å². The van der Waals surface area contributed by atoms with Gasteiger partial charge in [-0.3, -0.25) is 4.98 Å². The quantitative estimate of drug-likeness (QED) is 0.316. The fourth-order valence-corrected chi connectivity index (χ4v) is 4.93. The topological polar surface area (TPSA) is 53.9 Å². The lowest BCUT2D eigenvalue weighted by Crippen LogP contribution is -2.16. The van der Waals surface area contributed by atoms with E-state index in [1.165, 1.54) is 11.1 Å². The van der Waals surface area contributed by atoms with Crippen LogP contribution in [0.25, 0.3) is 33.4 Å². The monoisotopic (exact) mass is 477 g/mol. The summed E-state index contributed by atoms with van der Waals surface area (Å²) in [5.41, 5.74) is 7.75. The summed E-state index contributed by atoms with van der Waals surface area (Å²) in [6.45, 7) is 1.70. The Morgan fingerprint density at radius 2 is 1.77 bits per heavy atom. The molecule has 6 heteroatoms. The molecular formula is C29H24ClN5. The predicted molar refractivity (Wildman–Crippen MR) is 143 cm³/mol. The summed E-state index contributed by atoms with van der Waals surface area (Å²) >= 11 is 6.27. The SMILES string of the molecule is CNCc1ccc(-c2ccc3c(N4CCc5cc(Cl)ccc54)nc(-c4cccnc4)nc3c2)cc1. The number of fused-ring (bicyclic) bond motifs is 2. The Morgan fingerprint density at radius 1 is 0.914 bits per heavy atom. The average molecular weight is 478 g/mol. The average Bonchev–Trinajstić information content (AvgIpc) is 3.31. The smallest absolute Gasteiger partial charge is 0.163 e. The molecule has 6 rings (SSSR count). The third-order valence-corrected chi connectivity index (χ3v) is 6.69. The molecule has 0 bridgehead atoms. The molecule has 35 heavy (non-hydrogen) atoms. The number of benzene rings is 3. The molecule has 0 unspecified atom stereocenters. The first kappa shape index (κ1) is 21.7. The van der Waals surface area contributed by atoms with Gasteiger partial charge in [-0.1, -0.05) is 41.9 Å². The van der Waals surface area contributed by atoms with Gasteiger partial charge in [0.15, 0.2) is 5.82 Å². The first-order valence-electron chi connectivity index (χ1n) is 11.7. The largest absolute Gasteiger partial charge is 0.325 e. The number of nitrogens with zero attached hydrogens (tertiary/aromatic N) is 4. The Kier molecular flexibility index (Phi) is 5.64. The van der Waals surface area contributed by atoms with Crippen molar-refractivity contribution in [3.63, 3.8) is 0 Å². The third-order valence-electron chi connectivity index (χ3n) is 6.46. The standard InChI is InChI=1S/C29H24ClN5/c1-31-17-19-4-6-20(7-5-19)21-8-10-25-26(16-21)33-28(23-3-2-13-32-18-23)34-29(25)35-14-12-22-15-24(30)9-11-27(22)35/h2-11,13,15-16,18,31H,12,14,17H2,1H3. The molecule has 0 saturated heterocycles. The van der Waals surface area contributed by atoms with Crippen molar-refractivity contribution < 1.29 is 0 Å². The van der Waals surface area contributed by atoms with E-state index in [0.717, 1.165) is 63.6 Å². The number of halogens is 1. The van der Waals surface area contributed by atoms with E-state index in [1.807, 2.05) is 31.4 Å². The van der Waals surface area contributed by atoms with E-state index in [1.54, 1.807) is 6.20 Å². The maximum atomic E-state index is 6.27. The van der Waals surface area contributed by atoms with Crippen molar-refractivity contribution in [2.24, 2.45) is 0 Å². The highest BCUT2D eigenvalue weighted by atomic mass is 35.5. The minimum Gasteiger partial charge on any atom is -0.325 e. The first-order valence-corrected chi connectivity index (χ1v) is 12.1. The minimum absolute atomic E-state index is 0.671. The van der Waals surface area contributed by atoms with Crippen molar-refractivity contribution in [2.75, 3.05) is 18.5 Å². The molecule has 0 fully saturated rings. The van der Waals surface area contributed by atoms with E-state index in [0.29, 0.717) is 5.82 Å². The second-order valence-electron chi connectivity index (χ2n) is 8.75. The highest BCUT2D eigenvalue weighted by Gasteiger charge is 2.24. The van der Waals surface area contributed by atoms with Crippen LogP contribution in [0, 0.1) is 0 Å². The summed E-state index contributed by atoms with van der Waals surface area (Å²) in [6.07, 6.45) is 4.51. The maximum Gasteiger partial charge on any atom is 0.163 e. The lowest BCUT2D eigenvalue weighted by molar-refractivity contribution is 0.818. The van der Waals surface area contributed by atoms with Crippen LogP contribution in [0.15, 0.2) is 85.2 Å². The Labute approximate surface area is 209 Å². The molecule has 1 aliphatic heterocycles. The molecule has 0 spiro atoms. The molecule has 1 aliphatic rings. The van der Waals surface area contributed by atoms with Crippen LogP contribution < -0.4 is 10.2 Å². The molecule has 0 saturated carbocycles. The van der Waals surface area contributed by atoms with Crippen LogP contribution in [0.3, 0.4) is 0 Å². The van der Waals surface area contributed by atoms with Gasteiger partial charge < -0.3 is 10.2 Å². The van der Waals surface area contributed by atoms with Crippen LogP contribution in [-0.2, 0) is 13.0 Å². The molecule has 5 aromatic rings. The molecule has 3 heterocycles. The zero-order valence-electron chi connectivity index (χ0n) is 19.4. The normalized spacial score (nSPS) is 12.8. The maximum absolute atomic E-state index is 6.27. The number of rotatable bonds is 5. The molecule has 0 aliphatic carbocycles. The molecule has 172 valence electrons.